The number of carbonyl (C=O) groups excluding carboxylic acids is 1. The number of piperidine rings is 1. The summed E-state index contributed by atoms with van der Waals surface area (Å²) in [5.74, 6) is 1.58. The summed E-state index contributed by atoms with van der Waals surface area (Å²) in [6, 6.07) is 11.5. The van der Waals surface area contributed by atoms with Crippen molar-refractivity contribution in [3.63, 3.8) is 0 Å². The largest absolute Gasteiger partial charge is 0.495 e. The number of nitrogens with zero attached hydrogens (tertiary/aromatic N) is 5. The van der Waals surface area contributed by atoms with Crippen molar-refractivity contribution in [2.45, 2.75) is 18.9 Å². The smallest absolute Gasteiger partial charge is 0.245 e. The average Bonchev–Trinajstić information content (AvgIpc) is 3.02. The predicted molar refractivity (Wildman–Crippen MR) is 168 cm³/mol. The molecule has 12 nitrogen and oxygen atoms in total. The first-order valence-corrected chi connectivity index (χ1v) is 13.8. The van der Waals surface area contributed by atoms with Gasteiger partial charge in [-0.15, -0.1) is 0 Å². The second-order valence-corrected chi connectivity index (χ2v) is 9.85. The van der Waals surface area contributed by atoms with Gasteiger partial charge in [-0.1, -0.05) is 6.58 Å². The topological polar surface area (TPSA) is 166 Å². The number of rotatable bonds is 10. The minimum Gasteiger partial charge on any atom is -0.495 e. The minimum absolute atomic E-state index is 0.0646. The van der Waals surface area contributed by atoms with Gasteiger partial charge in [0.15, 0.2) is 5.82 Å². The maximum Gasteiger partial charge on any atom is 0.245 e. The number of carbonyl (C=O) groups is 1. The van der Waals surface area contributed by atoms with Gasteiger partial charge in [0.25, 0.3) is 0 Å². The number of amides is 1. The van der Waals surface area contributed by atoms with E-state index in [0.29, 0.717) is 47.1 Å². The lowest BCUT2D eigenvalue weighted by Crippen LogP contribution is -2.41. The summed E-state index contributed by atoms with van der Waals surface area (Å²) in [6.07, 6.45) is 8.49. The number of ether oxygens (including phenoxy) is 2. The number of pyridine rings is 1. The monoisotopic (exact) mass is 597 g/mol. The van der Waals surface area contributed by atoms with Crippen molar-refractivity contribution in [2.75, 3.05) is 30.8 Å². The van der Waals surface area contributed by atoms with Crippen LogP contribution in [0.25, 0.3) is 10.9 Å². The van der Waals surface area contributed by atoms with Gasteiger partial charge < -0.3 is 36.5 Å². The van der Waals surface area contributed by atoms with Crippen molar-refractivity contribution in [1.29, 1.82) is 0 Å². The summed E-state index contributed by atoms with van der Waals surface area (Å²) < 4.78 is 26.7. The van der Waals surface area contributed by atoms with Gasteiger partial charge in [-0.2, -0.15) is 0 Å². The summed E-state index contributed by atoms with van der Waals surface area (Å²) in [4.78, 5) is 30.7. The minimum atomic E-state index is -0.549. The van der Waals surface area contributed by atoms with Crippen molar-refractivity contribution in [2.24, 2.45) is 16.5 Å². The van der Waals surface area contributed by atoms with E-state index in [4.69, 9.17) is 20.9 Å². The number of aromatic nitrogens is 3. The lowest BCUT2D eigenvalue weighted by atomic mass is 10.0. The Balaban J connectivity index is 1.33. The third-order valence-electron chi connectivity index (χ3n) is 6.95. The predicted octanol–water partition coefficient (Wildman–Crippen LogP) is 4.76. The van der Waals surface area contributed by atoms with Gasteiger partial charge in [0.2, 0.25) is 5.91 Å². The van der Waals surface area contributed by atoms with Gasteiger partial charge >= 0.3 is 0 Å². The number of nitrogens with one attached hydrogen (secondary N) is 2. The van der Waals surface area contributed by atoms with Crippen LogP contribution in [0.1, 0.15) is 12.8 Å². The molecule has 0 unspecified atom stereocenters. The van der Waals surface area contributed by atoms with Crippen molar-refractivity contribution >= 4 is 45.7 Å². The van der Waals surface area contributed by atoms with Crippen LogP contribution in [0, 0.1) is 5.82 Å². The molecule has 6 N–H and O–H groups in total. The fourth-order valence-corrected chi connectivity index (χ4v) is 4.78. The van der Waals surface area contributed by atoms with Gasteiger partial charge in [-0.25, -0.2) is 24.3 Å². The van der Waals surface area contributed by atoms with E-state index < -0.39 is 5.82 Å². The van der Waals surface area contributed by atoms with E-state index in [1.165, 1.54) is 36.9 Å². The molecule has 5 rings (SSSR count). The lowest BCUT2D eigenvalue weighted by Gasteiger charge is -2.32. The summed E-state index contributed by atoms with van der Waals surface area (Å²) in [5, 5.41) is 7.28. The number of hydrogen-bond donors (Lipinski definition) is 4. The van der Waals surface area contributed by atoms with Crippen LogP contribution in [0.3, 0.4) is 0 Å². The van der Waals surface area contributed by atoms with Crippen LogP contribution in [0.2, 0.25) is 0 Å². The highest BCUT2D eigenvalue weighted by Crippen LogP contribution is 2.35. The number of halogens is 1. The molecular weight excluding hydrogens is 565 g/mol. The van der Waals surface area contributed by atoms with E-state index in [0.717, 1.165) is 18.5 Å². The van der Waals surface area contributed by atoms with E-state index in [-0.39, 0.29) is 29.2 Å². The van der Waals surface area contributed by atoms with Crippen molar-refractivity contribution < 1.29 is 18.7 Å². The molecule has 0 aliphatic carbocycles. The molecule has 0 bridgehead atoms. The number of amidine groups is 1. The third kappa shape index (κ3) is 7.01. The molecule has 226 valence electrons. The molecule has 2 aromatic heterocycles. The highest BCUT2D eigenvalue weighted by Gasteiger charge is 2.23. The maximum atomic E-state index is 15.3. The molecule has 2 aromatic carbocycles. The molecule has 0 spiro atoms. The van der Waals surface area contributed by atoms with Gasteiger partial charge in [0.05, 0.1) is 24.0 Å². The van der Waals surface area contributed by atoms with Crippen LogP contribution in [0.15, 0.2) is 84.9 Å². The first kappa shape index (κ1) is 29.8. The second-order valence-electron chi connectivity index (χ2n) is 9.85. The summed E-state index contributed by atoms with van der Waals surface area (Å²) >= 11 is 0. The van der Waals surface area contributed by atoms with Crippen LogP contribution in [0.4, 0.5) is 27.4 Å². The SMILES string of the molecule is C=CC(=O)N1CCC(Nc2cc3c(Nc4ccc(Oc5ccnc(N=C(N)/C=C\N)c5)cc4F)ncnc3cc2OC)CC1. The quantitative estimate of drug-likeness (QED) is 0.114. The Bertz CT molecular complexity index is 1740. The van der Waals surface area contributed by atoms with E-state index in [1.54, 1.807) is 42.3 Å². The Morgan fingerprint density at radius 3 is 2.64 bits per heavy atom. The van der Waals surface area contributed by atoms with E-state index in [1.807, 2.05) is 6.07 Å². The fraction of sp³-hybridized carbons (Fsp3) is 0.194. The molecule has 1 amide bonds. The highest BCUT2D eigenvalue weighted by molar-refractivity contribution is 5.95. The Hall–Kier alpha value is -5.72. The lowest BCUT2D eigenvalue weighted by molar-refractivity contribution is -0.126. The summed E-state index contributed by atoms with van der Waals surface area (Å²) in [6.45, 7) is 4.83. The van der Waals surface area contributed by atoms with Crippen molar-refractivity contribution in [1.82, 2.24) is 19.9 Å². The third-order valence-corrected chi connectivity index (χ3v) is 6.95. The van der Waals surface area contributed by atoms with Crippen molar-refractivity contribution in [3.8, 4) is 17.2 Å². The van der Waals surface area contributed by atoms with Crippen LogP contribution in [-0.2, 0) is 4.79 Å². The van der Waals surface area contributed by atoms with Gasteiger partial charge in [0, 0.05) is 48.9 Å². The number of likely N-dealkylation sites (tertiary alicyclic amines) is 1. The molecule has 0 atom stereocenters. The Morgan fingerprint density at radius 1 is 1.11 bits per heavy atom. The summed E-state index contributed by atoms with van der Waals surface area (Å²) in [7, 11) is 1.59. The standard InChI is InChI=1S/C31H32FN9O3/c1-3-30(42)41-12-8-19(9-13-41)38-26-16-22-25(17-27(26)43-2)36-18-37-31(22)39-24-5-4-20(14-23(24)32)44-21-7-11-35-29(15-21)40-28(34)6-10-33/h3-7,10-11,14-19,38H,1,8-9,12-13,33H2,2H3,(H2,34,35,40)(H,36,37,39)/b10-6-. The number of fused-ring (bicyclic) bond motifs is 1. The van der Waals surface area contributed by atoms with Gasteiger partial charge in [-0.05, 0) is 55.5 Å². The Kier molecular flexibility index (Phi) is 9.13. The number of aliphatic imine (C=N–C) groups is 1. The molecule has 1 aliphatic rings. The van der Waals surface area contributed by atoms with Gasteiger partial charge in [-0.3, -0.25) is 4.79 Å². The average molecular weight is 598 g/mol. The summed E-state index contributed by atoms with van der Waals surface area (Å²) in [5.41, 5.74) is 12.6. The molecular formula is C31H32FN9O3. The molecule has 1 saturated heterocycles. The number of nitrogens with two attached hydrogens (primary N) is 2. The van der Waals surface area contributed by atoms with Crippen LogP contribution in [0.5, 0.6) is 17.2 Å². The highest BCUT2D eigenvalue weighted by atomic mass is 19.1. The Labute approximate surface area is 253 Å². The molecule has 1 fully saturated rings. The zero-order valence-corrected chi connectivity index (χ0v) is 24.0. The molecule has 1 aliphatic heterocycles. The first-order chi connectivity index (χ1) is 21.4. The number of hydrogen-bond acceptors (Lipinski definition) is 10. The second kappa shape index (κ2) is 13.5. The normalized spacial score (nSPS) is 14.0. The van der Waals surface area contributed by atoms with Crippen molar-refractivity contribution in [3.05, 3.63) is 85.7 Å². The van der Waals surface area contributed by atoms with Crippen LogP contribution >= 0.6 is 0 Å². The maximum absolute atomic E-state index is 15.3. The van der Waals surface area contributed by atoms with E-state index >= 15 is 4.39 Å². The zero-order valence-electron chi connectivity index (χ0n) is 24.0. The van der Waals surface area contributed by atoms with E-state index in [2.05, 4.69) is 37.2 Å². The number of anilines is 3. The number of methoxy groups -OCH3 is 1. The molecule has 4 aromatic rings. The molecule has 0 saturated carbocycles. The fourth-order valence-electron chi connectivity index (χ4n) is 4.78. The van der Waals surface area contributed by atoms with E-state index in [9.17, 15) is 4.79 Å². The molecule has 44 heavy (non-hydrogen) atoms. The first-order valence-electron chi connectivity index (χ1n) is 13.8. The van der Waals surface area contributed by atoms with Gasteiger partial charge in [0.1, 0.15) is 41.0 Å². The van der Waals surface area contributed by atoms with Crippen LogP contribution < -0.4 is 31.6 Å². The molecule has 3 heterocycles. The number of benzene rings is 2. The molecule has 0 radical (unpaired) electrons. The van der Waals surface area contributed by atoms with Crippen LogP contribution in [-0.4, -0.2) is 57.8 Å². The zero-order chi connectivity index (χ0) is 31.1. The molecule has 13 heteroatoms. The Morgan fingerprint density at radius 2 is 1.91 bits per heavy atom.